The molecule has 0 aliphatic heterocycles. The van der Waals surface area contributed by atoms with Crippen LogP contribution in [0.25, 0.3) is 0 Å². The van der Waals surface area contributed by atoms with Crippen LogP contribution in [0.2, 0.25) is 0 Å². The maximum atomic E-state index is 12.3. The molecule has 0 heterocycles. The Bertz CT molecular complexity index is 275. The van der Waals surface area contributed by atoms with E-state index < -0.39 is 0 Å². The molecule has 0 aromatic heterocycles. The standard InChI is InChI=1S/C15H28BrNO/c1-11(16)10-17(5)14(18)12-6-8-13(9-7-12)15(2,3)4/h11-13H,6-10H2,1-5H3. The van der Waals surface area contributed by atoms with Crippen LogP contribution in [0.3, 0.4) is 0 Å². The molecule has 0 spiro atoms. The molecule has 1 aliphatic carbocycles. The summed E-state index contributed by atoms with van der Waals surface area (Å²) in [6.45, 7) is 9.84. The number of halogens is 1. The monoisotopic (exact) mass is 317 g/mol. The average molecular weight is 318 g/mol. The Morgan fingerprint density at radius 2 is 1.78 bits per heavy atom. The summed E-state index contributed by atoms with van der Waals surface area (Å²) in [5, 5.41) is 0. The van der Waals surface area contributed by atoms with Gasteiger partial charge in [0, 0.05) is 24.3 Å². The van der Waals surface area contributed by atoms with Crippen LogP contribution in [0.15, 0.2) is 0 Å². The fourth-order valence-electron chi connectivity index (χ4n) is 2.99. The molecule has 0 aromatic carbocycles. The molecule has 1 fully saturated rings. The topological polar surface area (TPSA) is 20.3 Å². The zero-order valence-electron chi connectivity index (χ0n) is 12.5. The lowest BCUT2D eigenvalue weighted by Crippen LogP contribution is -2.38. The van der Waals surface area contributed by atoms with Crippen molar-refractivity contribution >= 4 is 21.8 Å². The Hall–Kier alpha value is -0.0500. The molecule has 0 aromatic rings. The van der Waals surface area contributed by atoms with Crippen molar-refractivity contribution < 1.29 is 4.79 Å². The number of carbonyl (C=O) groups excluding carboxylic acids is 1. The van der Waals surface area contributed by atoms with Crippen LogP contribution >= 0.6 is 15.9 Å². The van der Waals surface area contributed by atoms with Gasteiger partial charge in [-0.15, -0.1) is 0 Å². The first-order valence-corrected chi connectivity index (χ1v) is 8.02. The molecule has 2 nitrogen and oxygen atoms in total. The summed E-state index contributed by atoms with van der Waals surface area (Å²) in [6, 6.07) is 0. The van der Waals surface area contributed by atoms with Gasteiger partial charge in [0.2, 0.25) is 5.91 Å². The molecule has 1 atom stereocenters. The van der Waals surface area contributed by atoms with Gasteiger partial charge in [-0.3, -0.25) is 4.79 Å². The predicted octanol–water partition coefficient (Wildman–Crippen LogP) is 4.08. The molecule has 106 valence electrons. The number of alkyl halides is 1. The van der Waals surface area contributed by atoms with Crippen LogP contribution < -0.4 is 0 Å². The van der Waals surface area contributed by atoms with Crippen LogP contribution in [-0.4, -0.2) is 29.2 Å². The van der Waals surface area contributed by atoms with E-state index >= 15 is 0 Å². The summed E-state index contributed by atoms with van der Waals surface area (Å²) in [6.07, 6.45) is 4.55. The third-order valence-corrected chi connectivity index (χ3v) is 4.49. The Morgan fingerprint density at radius 1 is 1.28 bits per heavy atom. The van der Waals surface area contributed by atoms with Crippen LogP contribution in [0.4, 0.5) is 0 Å². The molecule has 0 bridgehead atoms. The zero-order valence-corrected chi connectivity index (χ0v) is 14.1. The van der Waals surface area contributed by atoms with Crippen LogP contribution in [0.1, 0.15) is 53.4 Å². The fourth-order valence-corrected chi connectivity index (χ4v) is 3.42. The van der Waals surface area contributed by atoms with Crippen molar-refractivity contribution in [2.24, 2.45) is 17.3 Å². The number of nitrogens with zero attached hydrogens (tertiary/aromatic N) is 1. The van der Waals surface area contributed by atoms with Crippen LogP contribution in [0.5, 0.6) is 0 Å². The number of hydrogen-bond acceptors (Lipinski definition) is 1. The number of rotatable bonds is 3. The molecule has 18 heavy (non-hydrogen) atoms. The van der Waals surface area contributed by atoms with Gasteiger partial charge < -0.3 is 4.90 Å². The van der Waals surface area contributed by atoms with Crippen molar-refractivity contribution in [3.05, 3.63) is 0 Å². The van der Waals surface area contributed by atoms with Gasteiger partial charge in [-0.1, -0.05) is 43.6 Å². The molecule has 0 saturated heterocycles. The second-order valence-corrected chi connectivity index (χ2v) is 8.48. The van der Waals surface area contributed by atoms with Crippen molar-refractivity contribution in [1.82, 2.24) is 4.90 Å². The smallest absolute Gasteiger partial charge is 0.225 e. The van der Waals surface area contributed by atoms with Crippen molar-refractivity contribution in [3.8, 4) is 0 Å². The van der Waals surface area contributed by atoms with E-state index in [2.05, 4.69) is 43.6 Å². The van der Waals surface area contributed by atoms with Crippen molar-refractivity contribution in [2.75, 3.05) is 13.6 Å². The summed E-state index contributed by atoms with van der Waals surface area (Å²) in [4.78, 5) is 14.6. The summed E-state index contributed by atoms with van der Waals surface area (Å²) >= 11 is 3.51. The SMILES string of the molecule is CC(Br)CN(C)C(=O)C1CCC(C(C)(C)C)CC1. The maximum absolute atomic E-state index is 12.3. The lowest BCUT2D eigenvalue weighted by atomic mass is 9.69. The largest absolute Gasteiger partial charge is 0.344 e. The highest BCUT2D eigenvalue weighted by atomic mass is 79.9. The van der Waals surface area contributed by atoms with Gasteiger partial charge >= 0.3 is 0 Å². The second-order valence-electron chi connectivity index (χ2n) is 6.91. The van der Waals surface area contributed by atoms with Crippen LogP contribution in [0, 0.1) is 17.3 Å². The van der Waals surface area contributed by atoms with E-state index in [0.717, 1.165) is 25.3 Å². The number of carbonyl (C=O) groups is 1. The third kappa shape index (κ3) is 4.56. The Labute approximate surface area is 121 Å². The van der Waals surface area contributed by atoms with Crippen molar-refractivity contribution in [2.45, 2.75) is 58.2 Å². The highest BCUT2D eigenvalue weighted by Gasteiger charge is 2.33. The lowest BCUT2D eigenvalue weighted by molar-refractivity contribution is -0.135. The first-order chi connectivity index (χ1) is 8.21. The van der Waals surface area contributed by atoms with Gasteiger partial charge in [0.15, 0.2) is 0 Å². The van der Waals surface area contributed by atoms with Gasteiger partial charge in [-0.05, 0) is 37.0 Å². The molecule has 0 radical (unpaired) electrons. The fraction of sp³-hybridized carbons (Fsp3) is 0.933. The molecule has 3 heteroatoms. The Balaban J connectivity index is 2.45. The first kappa shape index (κ1) is 16.0. The Kier molecular flexibility index (Phi) is 5.69. The second kappa shape index (κ2) is 6.40. The van der Waals surface area contributed by atoms with E-state index in [0.29, 0.717) is 16.1 Å². The molecule has 1 aliphatic rings. The molecule has 1 amide bonds. The third-order valence-electron chi connectivity index (χ3n) is 4.20. The highest BCUT2D eigenvalue weighted by molar-refractivity contribution is 9.09. The van der Waals surface area contributed by atoms with E-state index in [4.69, 9.17) is 0 Å². The Morgan fingerprint density at radius 3 is 2.17 bits per heavy atom. The van der Waals surface area contributed by atoms with Crippen molar-refractivity contribution in [3.63, 3.8) is 0 Å². The molecule has 1 saturated carbocycles. The van der Waals surface area contributed by atoms with Crippen molar-refractivity contribution in [1.29, 1.82) is 0 Å². The van der Waals surface area contributed by atoms with Crippen LogP contribution in [-0.2, 0) is 4.79 Å². The summed E-state index contributed by atoms with van der Waals surface area (Å²) in [7, 11) is 1.93. The summed E-state index contributed by atoms with van der Waals surface area (Å²) in [5.74, 6) is 1.38. The number of amides is 1. The summed E-state index contributed by atoms with van der Waals surface area (Å²) < 4.78 is 0. The lowest BCUT2D eigenvalue weighted by Gasteiger charge is -2.37. The van der Waals surface area contributed by atoms with E-state index in [1.807, 2.05) is 11.9 Å². The van der Waals surface area contributed by atoms with Gasteiger partial charge in [0.1, 0.15) is 0 Å². The maximum Gasteiger partial charge on any atom is 0.225 e. The minimum Gasteiger partial charge on any atom is -0.344 e. The zero-order chi connectivity index (χ0) is 13.9. The first-order valence-electron chi connectivity index (χ1n) is 7.11. The molecule has 1 unspecified atom stereocenters. The van der Waals surface area contributed by atoms with Gasteiger partial charge in [0.05, 0.1) is 0 Å². The van der Waals surface area contributed by atoms with Gasteiger partial charge in [-0.25, -0.2) is 0 Å². The van der Waals surface area contributed by atoms with Gasteiger partial charge in [0.25, 0.3) is 0 Å². The minimum absolute atomic E-state index is 0.264. The minimum atomic E-state index is 0.264. The van der Waals surface area contributed by atoms with E-state index in [1.54, 1.807) is 0 Å². The predicted molar refractivity (Wildman–Crippen MR) is 80.9 cm³/mol. The summed E-state index contributed by atoms with van der Waals surface area (Å²) in [5.41, 5.74) is 0.393. The molecule has 0 N–H and O–H groups in total. The average Bonchev–Trinajstić information content (AvgIpc) is 2.26. The quantitative estimate of drug-likeness (QED) is 0.718. The highest BCUT2D eigenvalue weighted by Crippen LogP contribution is 2.40. The normalized spacial score (nSPS) is 26.8. The van der Waals surface area contributed by atoms with E-state index in [9.17, 15) is 4.79 Å². The van der Waals surface area contributed by atoms with Gasteiger partial charge in [-0.2, -0.15) is 0 Å². The molecule has 1 rings (SSSR count). The molecular formula is C15H28BrNO. The van der Waals surface area contributed by atoms with E-state index in [1.165, 1.54) is 12.8 Å². The number of hydrogen-bond donors (Lipinski definition) is 0. The van der Waals surface area contributed by atoms with E-state index in [-0.39, 0.29) is 5.92 Å². The molecular weight excluding hydrogens is 290 g/mol.